The zero-order chi connectivity index (χ0) is 12.0. The molecule has 0 radical (unpaired) electrons. The van der Waals surface area contributed by atoms with Crippen LogP contribution in [0.15, 0.2) is 0 Å². The fourth-order valence-electron chi connectivity index (χ4n) is 1.72. The highest BCUT2D eigenvalue weighted by Gasteiger charge is 2.31. The minimum Gasteiger partial charge on any atom is -0.449 e. The number of unbranched alkanes of at least 4 members (excludes halogenated alkanes) is 1. The van der Waals surface area contributed by atoms with Crippen LogP contribution in [0.1, 0.15) is 26.2 Å². The van der Waals surface area contributed by atoms with Crippen molar-refractivity contribution in [1.29, 1.82) is 0 Å². The summed E-state index contributed by atoms with van der Waals surface area (Å²) in [4.78, 5) is 12.9. The number of nitrogens with zero attached hydrogens (tertiary/aromatic N) is 1. The lowest BCUT2D eigenvalue weighted by Gasteiger charge is -2.33. The lowest BCUT2D eigenvalue weighted by atomic mass is 9.96. The molecule has 2 unspecified atom stereocenters. The third-order valence-corrected chi connectivity index (χ3v) is 2.89. The first-order valence-corrected chi connectivity index (χ1v) is 5.85. The molecule has 5 heteroatoms. The summed E-state index contributed by atoms with van der Waals surface area (Å²) in [6.45, 7) is 2.76. The Hall–Kier alpha value is -0.840. The molecule has 1 saturated heterocycles. The Labute approximate surface area is 95.4 Å². The average molecular weight is 233 g/mol. The van der Waals surface area contributed by atoms with E-state index >= 15 is 0 Å². The smallest absolute Gasteiger partial charge is 0.409 e. The number of halogens is 1. The molecule has 0 bridgehead atoms. The van der Waals surface area contributed by atoms with Crippen LogP contribution in [-0.4, -0.2) is 48.6 Å². The van der Waals surface area contributed by atoms with Crippen molar-refractivity contribution in [3.8, 4) is 0 Å². The lowest BCUT2D eigenvalue weighted by molar-refractivity contribution is 0.0364. The Balaban J connectivity index is 2.30. The van der Waals surface area contributed by atoms with Crippen LogP contribution in [0.5, 0.6) is 0 Å². The van der Waals surface area contributed by atoms with E-state index in [1.807, 2.05) is 6.92 Å². The highest BCUT2D eigenvalue weighted by molar-refractivity contribution is 5.67. The normalized spacial score (nSPS) is 25.6. The minimum atomic E-state index is -1.14. The molecule has 0 spiro atoms. The van der Waals surface area contributed by atoms with Crippen molar-refractivity contribution < 1.29 is 19.0 Å². The van der Waals surface area contributed by atoms with Gasteiger partial charge in [0.2, 0.25) is 0 Å². The third kappa shape index (κ3) is 3.63. The zero-order valence-electron chi connectivity index (χ0n) is 9.69. The Morgan fingerprint density at radius 3 is 2.94 bits per heavy atom. The van der Waals surface area contributed by atoms with Crippen molar-refractivity contribution in [3.63, 3.8) is 0 Å². The number of rotatable bonds is 4. The largest absolute Gasteiger partial charge is 0.449 e. The second kappa shape index (κ2) is 6.68. The van der Waals surface area contributed by atoms with Gasteiger partial charge in [0.15, 0.2) is 0 Å². The highest BCUT2D eigenvalue weighted by atomic mass is 19.1. The molecule has 94 valence electrons. The Bertz CT molecular complexity index is 225. The van der Waals surface area contributed by atoms with Crippen molar-refractivity contribution >= 4 is 6.09 Å². The number of carbonyl (C=O) groups is 1. The maximum absolute atomic E-state index is 13.4. The summed E-state index contributed by atoms with van der Waals surface area (Å²) in [5.74, 6) is -0.334. The molecule has 2 atom stereocenters. The first-order chi connectivity index (χ1) is 7.69. The van der Waals surface area contributed by atoms with Gasteiger partial charge in [0.1, 0.15) is 6.17 Å². The van der Waals surface area contributed by atoms with Gasteiger partial charge in [0.25, 0.3) is 0 Å². The molecule has 1 fully saturated rings. The van der Waals surface area contributed by atoms with Crippen molar-refractivity contribution in [1.82, 2.24) is 4.90 Å². The monoisotopic (exact) mass is 233 g/mol. The summed E-state index contributed by atoms with van der Waals surface area (Å²) >= 11 is 0. The number of alkyl halides is 1. The molecule has 0 aromatic rings. The van der Waals surface area contributed by atoms with Crippen LogP contribution in [0, 0.1) is 5.92 Å². The summed E-state index contributed by atoms with van der Waals surface area (Å²) in [5.41, 5.74) is 0. The van der Waals surface area contributed by atoms with Crippen LogP contribution < -0.4 is 0 Å². The summed E-state index contributed by atoms with van der Waals surface area (Å²) in [6, 6.07) is 0. The second-order valence-corrected chi connectivity index (χ2v) is 4.16. The molecule has 1 rings (SSSR count). The summed E-state index contributed by atoms with van der Waals surface area (Å²) in [5, 5.41) is 8.88. The van der Waals surface area contributed by atoms with Gasteiger partial charge in [-0.3, -0.25) is 0 Å². The molecule has 0 aliphatic carbocycles. The van der Waals surface area contributed by atoms with Crippen molar-refractivity contribution in [3.05, 3.63) is 0 Å². The van der Waals surface area contributed by atoms with E-state index in [-0.39, 0.29) is 19.1 Å². The van der Waals surface area contributed by atoms with E-state index in [4.69, 9.17) is 9.84 Å². The lowest BCUT2D eigenvalue weighted by Crippen LogP contribution is -2.46. The first-order valence-electron chi connectivity index (χ1n) is 5.85. The van der Waals surface area contributed by atoms with Gasteiger partial charge >= 0.3 is 6.09 Å². The SMILES string of the molecule is CCCCOC(=O)N1CCC(CO)C(F)C1. The predicted octanol–water partition coefficient (Wildman–Crippen LogP) is 1.58. The molecule has 4 nitrogen and oxygen atoms in total. The number of hydrogen-bond acceptors (Lipinski definition) is 3. The van der Waals surface area contributed by atoms with Crippen LogP contribution in [-0.2, 0) is 4.74 Å². The van der Waals surface area contributed by atoms with Crippen LogP contribution in [0.25, 0.3) is 0 Å². The van der Waals surface area contributed by atoms with Gasteiger partial charge in [-0.25, -0.2) is 9.18 Å². The fourth-order valence-corrected chi connectivity index (χ4v) is 1.72. The molecule has 0 saturated carbocycles. The molecular formula is C11H20FNO3. The quantitative estimate of drug-likeness (QED) is 0.750. The number of aliphatic hydroxyl groups is 1. The number of likely N-dealkylation sites (tertiary alicyclic amines) is 1. The van der Waals surface area contributed by atoms with E-state index < -0.39 is 12.3 Å². The third-order valence-electron chi connectivity index (χ3n) is 2.89. The molecule has 1 heterocycles. The van der Waals surface area contributed by atoms with E-state index in [9.17, 15) is 9.18 Å². The van der Waals surface area contributed by atoms with Crippen molar-refractivity contribution in [2.75, 3.05) is 26.3 Å². The van der Waals surface area contributed by atoms with Gasteiger partial charge in [-0.15, -0.1) is 0 Å². The van der Waals surface area contributed by atoms with Crippen LogP contribution in [0.4, 0.5) is 9.18 Å². The first kappa shape index (κ1) is 13.2. The molecule has 1 aliphatic heterocycles. The molecule has 0 aromatic carbocycles. The number of carbonyl (C=O) groups excluding carboxylic acids is 1. The van der Waals surface area contributed by atoms with Gasteiger partial charge in [-0.1, -0.05) is 13.3 Å². The van der Waals surface area contributed by atoms with E-state index in [1.54, 1.807) is 0 Å². The second-order valence-electron chi connectivity index (χ2n) is 4.16. The number of piperidine rings is 1. The fraction of sp³-hybridized carbons (Fsp3) is 0.909. The van der Waals surface area contributed by atoms with Gasteiger partial charge < -0.3 is 14.7 Å². The standard InChI is InChI=1S/C11H20FNO3/c1-2-3-6-16-11(15)13-5-4-9(8-14)10(12)7-13/h9-10,14H,2-8H2,1H3. The van der Waals surface area contributed by atoms with Gasteiger partial charge in [-0.2, -0.15) is 0 Å². The topological polar surface area (TPSA) is 49.8 Å². The average Bonchev–Trinajstić information content (AvgIpc) is 2.29. The summed E-state index contributed by atoms with van der Waals surface area (Å²) in [7, 11) is 0. The number of aliphatic hydroxyl groups excluding tert-OH is 1. The Morgan fingerprint density at radius 1 is 1.62 bits per heavy atom. The summed E-state index contributed by atoms with van der Waals surface area (Å²) < 4.78 is 18.4. The summed E-state index contributed by atoms with van der Waals surface area (Å²) in [6.07, 6.45) is 0.717. The van der Waals surface area contributed by atoms with Crippen molar-refractivity contribution in [2.45, 2.75) is 32.4 Å². The van der Waals surface area contributed by atoms with E-state index in [2.05, 4.69) is 0 Å². The highest BCUT2D eigenvalue weighted by Crippen LogP contribution is 2.20. The zero-order valence-corrected chi connectivity index (χ0v) is 9.69. The minimum absolute atomic E-state index is 0.0379. The molecule has 1 N–H and O–H groups in total. The maximum atomic E-state index is 13.4. The van der Waals surface area contributed by atoms with Crippen LogP contribution >= 0.6 is 0 Å². The molecule has 16 heavy (non-hydrogen) atoms. The number of hydrogen-bond donors (Lipinski definition) is 1. The van der Waals surface area contributed by atoms with Crippen LogP contribution in [0.2, 0.25) is 0 Å². The van der Waals surface area contributed by atoms with Gasteiger partial charge in [0, 0.05) is 19.1 Å². The van der Waals surface area contributed by atoms with Crippen molar-refractivity contribution in [2.24, 2.45) is 5.92 Å². The van der Waals surface area contributed by atoms with E-state index in [0.717, 1.165) is 12.8 Å². The molecular weight excluding hydrogens is 213 g/mol. The number of ether oxygens (including phenoxy) is 1. The Kier molecular flexibility index (Phi) is 5.52. The number of amides is 1. The van der Waals surface area contributed by atoms with Crippen LogP contribution in [0.3, 0.4) is 0 Å². The molecule has 0 aromatic heterocycles. The van der Waals surface area contributed by atoms with E-state index in [1.165, 1.54) is 4.90 Å². The molecule has 1 amide bonds. The van der Waals surface area contributed by atoms with E-state index in [0.29, 0.717) is 19.6 Å². The predicted molar refractivity (Wildman–Crippen MR) is 57.9 cm³/mol. The van der Waals surface area contributed by atoms with Gasteiger partial charge in [0.05, 0.1) is 13.2 Å². The Morgan fingerprint density at radius 2 is 2.38 bits per heavy atom. The molecule has 1 aliphatic rings. The van der Waals surface area contributed by atoms with Gasteiger partial charge in [-0.05, 0) is 12.8 Å². The maximum Gasteiger partial charge on any atom is 0.409 e.